The summed E-state index contributed by atoms with van der Waals surface area (Å²) in [5.74, 6) is 1.57. The van der Waals surface area contributed by atoms with E-state index < -0.39 is 0 Å². The Hall–Kier alpha value is -2.68. The SMILES string of the molecule is Cc1cccc(CNc2ccc(-c3ccnc(C4CC4)c3)cn2)c1. The molecule has 4 rings (SSSR count). The molecule has 24 heavy (non-hydrogen) atoms. The fourth-order valence-corrected chi connectivity index (χ4v) is 2.91. The molecule has 3 heteroatoms. The molecule has 0 aliphatic heterocycles. The average molecular weight is 315 g/mol. The summed E-state index contributed by atoms with van der Waals surface area (Å²) in [4.78, 5) is 9.03. The van der Waals surface area contributed by atoms with Crippen LogP contribution in [-0.4, -0.2) is 9.97 Å². The minimum Gasteiger partial charge on any atom is -0.366 e. The van der Waals surface area contributed by atoms with E-state index in [0.29, 0.717) is 5.92 Å². The molecule has 0 bridgehead atoms. The minimum atomic E-state index is 0.674. The first-order chi connectivity index (χ1) is 11.8. The van der Waals surface area contributed by atoms with Crippen molar-refractivity contribution in [2.45, 2.75) is 32.2 Å². The number of benzene rings is 1. The van der Waals surface area contributed by atoms with Gasteiger partial charge in [0.25, 0.3) is 0 Å². The predicted octanol–water partition coefficient (Wildman–Crippen LogP) is 4.94. The Balaban J connectivity index is 1.45. The lowest BCUT2D eigenvalue weighted by molar-refractivity contribution is 1.02. The van der Waals surface area contributed by atoms with Crippen LogP contribution in [0, 0.1) is 6.92 Å². The first-order valence-corrected chi connectivity index (χ1v) is 8.50. The van der Waals surface area contributed by atoms with E-state index in [4.69, 9.17) is 0 Å². The highest BCUT2D eigenvalue weighted by molar-refractivity contribution is 5.64. The van der Waals surface area contributed by atoms with Gasteiger partial charge in [0.2, 0.25) is 0 Å². The number of hydrogen-bond acceptors (Lipinski definition) is 3. The van der Waals surface area contributed by atoms with Crippen LogP contribution in [0.25, 0.3) is 11.1 Å². The third kappa shape index (κ3) is 3.46. The van der Waals surface area contributed by atoms with Crippen LogP contribution < -0.4 is 5.32 Å². The monoisotopic (exact) mass is 315 g/mol. The van der Waals surface area contributed by atoms with Crippen molar-refractivity contribution in [2.24, 2.45) is 0 Å². The number of anilines is 1. The molecule has 1 saturated carbocycles. The van der Waals surface area contributed by atoms with Crippen molar-refractivity contribution >= 4 is 5.82 Å². The number of aromatic nitrogens is 2. The van der Waals surface area contributed by atoms with Crippen LogP contribution in [0.15, 0.2) is 60.9 Å². The van der Waals surface area contributed by atoms with Crippen molar-refractivity contribution in [3.63, 3.8) is 0 Å². The van der Waals surface area contributed by atoms with Crippen LogP contribution >= 0.6 is 0 Å². The molecular weight excluding hydrogens is 294 g/mol. The van der Waals surface area contributed by atoms with Gasteiger partial charge in [0.05, 0.1) is 0 Å². The Morgan fingerprint density at radius 1 is 1.00 bits per heavy atom. The summed E-state index contributed by atoms with van der Waals surface area (Å²) < 4.78 is 0. The van der Waals surface area contributed by atoms with E-state index in [0.717, 1.165) is 17.9 Å². The lowest BCUT2D eigenvalue weighted by Gasteiger charge is -2.08. The molecule has 1 aliphatic carbocycles. The normalized spacial score (nSPS) is 13.7. The summed E-state index contributed by atoms with van der Waals surface area (Å²) in [7, 11) is 0. The molecule has 0 radical (unpaired) electrons. The van der Waals surface area contributed by atoms with Gasteiger partial charge in [-0.1, -0.05) is 29.8 Å². The molecule has 0 spiro atoms. The third-order valence-corrected chi connectivity index (χ3v) is 4.43. The van der Waals surface area contributed by atoms with Gasteiger partial charge in [0.1, 0.15) is 5.82 Å². The Morgan fingerprint density at radius 3 is 2.67 bits per heavy atom. The summed E-state index contributed by atoms with van der Waals surface area (Å²) in [6.45, 7) is 2.90. The van der Waals surface area contributed by atoms with Crippen LogP contribution in [0.2, 0.25) is 0 Å². The van der Waals surface area contributed by atoms with E-state index in [9.17, 15) is 0 Å². The maximum Gasteiger partial charge on any atom is 0.126 e. The van der Waals surface area contributed by atoms with Crippen molar-refractivity contribution in [3.05, 3.63) is 77.7 Å². The van der Waals surface area contributed by atoms with Crippen LogP contribution in [0.5, 0.6) is 0 Å². The van der Waals surface area contributed by atoms with Gasteiger partial charge in [0.15, 0.2) is 0 Å². The summed E-state index contributed by atoms with van der Waals surface area (Å²) in [6.07, 6.45) is 6.39. The topological polar surface area (TPSA) is 37.8 Å². The number of hydrogen-bond donors (Lipinski definition) is 1. The summed E-state index contributed by atoms with van der Waals surface area (Å²) in [6, 6.07) is 16.9. The fourth-order valence-electron chi connectivity index (χ4n) is 2.91. The van der Waals surface area contributed by atoms with Gasteiger partial charge in [-0.05, 0) is 55.2 Å². The number of aryl methyl sites for hydroxylation is 1. The van der Waals surface area contributed by atoms with Crippen molar-refractivity contribution in [2.75, 3.05) is 5.32 Å². The van der Waals surface area contributed by atoms with Gasteiger partial charge < -0.3 is 5.32 Å². The molecular formula is C21H21N3. The highest BCUT2D eigenvalue weighted by atomic mass is 15.0. The molecule has 3 aromatic rings. The Morgan fingerprint density at radius 2 is 1.92 bits per heavy atom. The molecule has 1 aliphatic rings. The number of nitrogens with zero attached hydrogens (tertiary/aromatic N) is 2. The van der Waals surface area contributed by atoms with E-state index in [2.05, 4.69) is 64.7 Å². The molecule has 0 saturated heterocycles. The first-order valence-electron chi connectivity index (χ1n) is 8.50. The first kappa shape index (κ1) is 14.9. The Bertz CT molecular complexity index is 836. The smallest absolute Gasteiger partial charge is 0.126 e. The average Bonchev–Trinajstić information content (AvgIpc) is 3.46. The van der Waals surface area contributed by atoms with Crippen molar-refractivity contribution in [1.29, 1.82) is 0 Å². The van der Waals surface area contributed by atoms with Gasteiger partial charge in [0, 0.05) is 36.1 Å². The fraction of sp³-hybridized carbons (Fsp3) is 0.238. The highest BCUT2D eigenvalue weighted by Gasteiger charge is 2.24. The molecule has 0 unspecified atom stereocenters. The van der Waals surface area contributed by atoms with Crippen molar-refractivity contribution < 1.29 is 0 Å². The highest BCUT2D eigenvalue weighted by Crippen LogP contribution is 2.39. The van der Waals surface area contributed by atoms with Crippen molar-refractivity contribution in [1.82, 2.24) is 9.97 Å². The molecule has 0 amide bonds. The largest absolute Gasteiger partial charge is 0.366 e. The van der Waals surface area contributed by atoms with E-state index in [1.807, 2.05) is 18.5 Å². The zero-order valence-corrected chi connectivity index (χ0v) is 13.9. The molecule has 1 N–H and O–H groups in total. The molecule has 2 heterocycles. The van der Waals surface area contributed by atoms with Gasteiger partial charge >= 0.3 is 0 Å². The summed E-state index contributed by atoms with van der Waals surface area (Å²) in [5.41, 5.74) is 6.10. The second-order valence-electron chi connectivity index (χ2n) is 6.52. The van der Waals surface area contributed by atoms with E-state index >= 15 is 0 Å². The van der Waals surface area contributed by atoms with Gasteiger partial charge in [-0.2, -0.15) is 0 Å². The summed E-state index contributed by atoms with van der Waals surface area (Å²) in [5, 5.41) is 3.38. The molecule has 2 aromatic heterocycles. The quantitative estimate of drug-likeness (QED) is 0.724. The standard InChI is InChI=1S/C21H21N3/c1-15-3-2-4-16(11-15)13-23-21-8-7-19(14-24-21)18-9-10-22-20(12-18)17-5-6-17/h2-4,7-12,14,17H,5-6,13H2,1H3,(H,23,24). The zero-order chi connectivity index (χ0) is 16.4. The van der Waals surface area contributed by atoms with Crippen LogP contribution in [0.3, 0.4) is 0 Å². The number of pyridine rings is 2. The number of rotatable bonds is 5. The zero-order valence-electron chi connectivity index (χ0n) is 13.9. The number of nitrogens with one attached hydrogen (secondary N) is 1. The lowest BCUT2D eigenvalue weighted by Crippen LogP contribution is -2.01. The van der Waals surface area contributed by atoms with Gasteiger partial charge in [-0.15, -0.1) is 0 Å². The van der Waals surface area contributed by atoms with E-state index in [1.165, 1.54) is 35.2 Å². The van der Waals surface area contributed by atoms with Gasteiger partial charge in [-0.3, -0.25) is 4.98 Å². The maximum absolute atomic E-state index is 4.55. The van der Waals surface area contributed by atoms with Crippen LogP contribution in [-0.2, 0) is 6.54 Å². The van der Waals surface area contributed by atoms with Crippen LogP contribution in [0.1, 0.15) is 35.6 Å². The van der Waals surface area contributed by atoms with Gasteiger partial charge in [-0.25, -0.2) is 4.98 Å². The third-order valence-electron chi connectivity index (χ3n) is 4.43. The maximum atomic E-state index is 4.55. The lowest BCUT2D eigenvalue weighted by atomic mass is 10.1. The van der Waals surface area contributed by atoms with Crippen molar-refractivity contribution in [3.8, 4) is 11.1 Å². The Kier molecular flexibility index (Phi) is 3.99. The summed E-state index contributed by atoms with van der Waals surface area (Å²) >= 11 is 0. The molecule has 1 aromatic carbocycles. The van der Waals surface area contributed by atoms with E-state index in [-0.39, 0.29) is 0 Å². The van der Waals surface area contributed by atoms with E-state index in [1.54, 1.807) is 0 Å². The Labute approximate surface area is 142 Å². The second kappa shape index (κ2) is 6.44. The minimum absolute atomic E-state index is 0.674. The van der Waals surface area contributed by atoms with Crippen LogP contribution in [0.4, 0.5) is 5.82 Å². The second-order valence-corrected chi connectivity index (χ2v) is 6.52. The molecule has 0 atom stereocenters. The molecule has 1 fully saturated rings. The predicted molar refractivity (Wildman–Crippen MR) is 97.9 cm³/mol. The molecule has 3 nitrogen and oxygen atoms in total. The molecule has 120 valence electrons.